The Morgan fingerprint density at radius 2 is 2.19 bits per heavy atom. The Labute approximate surface area is 106 Å². The first-order valence-corrected chi connectivity index (χ1v) is 7.45. The van der Waals surface area contributed by atoms with Crippen LogP contribution in [0.5, 0.6) is 0 Å². The minimum Gasteiger partial charge on any atom is -0.279 e. The van der Waals surface area contributed by atoms with Crippen molar-refractivity contribution >= 4 is 43.0 Å². The number of halogens is 1. The highest BCUT2D eigenvalue weighted by Gasteiger charge is 2.14. The van der Waals surface area contributed by atoms with Crippen molar-refractivity contribution in [1.82, 2.24) is 4.98 Å². The zero-order chi connectivity index (χ0) is 11.6. The maximum Gasteiger partial charge on any atom is 0.263 e. The third kappa shape index (κ3) is 2.60. The first kappa shape index (κ1) is 11.6. The average Bonchev–Trinajstić information content (AvgIpc) is 2.70. The molecule has 0 aliphatic rings. The van der Waals surface area contributed by atoms with Crippen molar-refractivity contribution in [3.8, 4) is 0 Å². The molecule has 0 fully saturated rings. The van der Waals surface area contributed by atoms with Crippen LogP contribution in [0.3, 0.4) is 0 Å². The van der Waals surface area contributed by atoms with Gasteiger partial charge in [-0.25, -0.2) is 8.42 Å². The first-order chi connectivity index (χ1) is 7.58. The summed E-state index contributed by atoms with van der Waals surface area (Å²) in [5, 5.41) is 3.53. The largest absolute Gasteiger partial charge is 0.279 e. The molecule has 2 aromatic heterocycles. The summed E-state index contributed by atoms with van der Waals surface area (Å²) >= 11 is 4.61. The van der Waals surface area contributed by atoms with Gasteiger partial charge in [0.1, 0.15) is 4.90 Å². The Morgan fingerprint density at radius 1 is 1.38 bits per heavy atom. The van der Waals surface area contributed by atoms with Crippen LogP contribution in [0, 0.1) is 0 Å². The minimum absolute atomic E-state index is 0.132. The van der Waals surface area contributed by atoms with Gasteiger partial charge < -0.3 is 0 Å². The summed E-state index contributed by atoms with van der Waals surface area (Å²) in [6, 6.07) is 3.20. The van der Waals surface area contributed by atoms with Gasteiger partial charge in [0, 0.05) is 22.2 Å². The van der Waals surface area contributed by atoms with Gasteiger partial charge in [-0.05, 0) is 33.4 Å². The molecule has 1 N–H and O–H groups in total. The second-order valence-electron chi connectivity index (χ2n) is 2.96. The van der Waals surface area contributed by atoms with Gasteiger partial charge in [-0.1, -0.05) is 0 Å². The molecule has 0 bridgehead atoms. The van der Waals surface area contributed by atoms with E-state index in [-0.39, 0.29) is 4.90 Å². The highest BCUT2D eigenvalue weighted by molar-refractivity contribution is 9.10. The molecule has 16 heavy (non-hydrogen) atoms. The lowest BCUT2D eigenvalue weighted by molar-refractivity contribution is 0.601. The summed E-state index contributed by atoms with van der Waals surface area (Å²) in [5.74, 6) is 0. The monoisotopic (exact) mass is 318 g/mol. The van der Waals surface area contributed by atoms with Crippen LogP contribution in [-0.4, -0.2) is 13.4 Å². The van der Waals surface area contributed by atoms with Crippen LogP contribution in [0.15, 0.2) is 44.7 Å². The summed E-state index contributed by atoms with van der Waals surface area (Å²) in [7, 11) is -3.54. The summed E-state index contributed by atoms with van der Waals surface area (Å²) in [4.78, 5) is 3.95. The molecule has 0 aliphatic heterocycles. The highest BCUT2D eigenvalue weighted by Crippen LogP contribution is 2.19. The molecule has 2 aromatic rings. The first-order valence-electron chi connectivity index (χ1n) is 4.23. The third-order valence-corrected chi connectivity index (χ3v) is 4.23. The fourth-order valence-electron chi connectivity index (χ4n) is 1.08. The normalized spacial score (nSPS) is 11.3. The van der Waals surface area contributed by atoms with E-state index in [9.17, 15) is 8.42 Å². The molecule has 84 valence electrons. The molecule has 2 heterocycles. The molecule has 2 rings (SSSR count). The number of rotatable bonds is 3. The summed E-state index contributed by atoms with van der Waals surface area (Å²) in [6.07, 6.45) is 2.84. The molecule has 0 saturated heterocycles. The number of nitrogens with one attached hydrogen (secondary N) is 1. The fraction of sp³-hybridized carbons (Fsp3) is 0. The SMILES string of the molecule is O=S(=O)(Nc1ccsc1)c1cncc(Br)c1. The molecule has 7 heteroatoms. The van der Waals surface area contributed by atoms with E-state index in [1.807, 2.05) is 0 Å². The van der Waals surface area contributed by atoms with Gasteiger partial charge >= 0.3 is 0 Å². The lowest BCUT2D eigenvalue weighted by atomic mass is 10.5. The molecule has 0 spiro atoms. The van der Waals surface area contributed by atoms with Gasteiger partial charge in [-0.3, -0.25) is 9.71 Å². The topological polar surface area (TPSA) is 59.1 Å². The van der Waals surface area contributed by atoms with Gasteiger partial charge in [0.05, 0.1) is 5.69 Å². The van der Waals surface area contributed by atoms with Crippen LogP contribution < -0.4 is 4.72 Å². The van der Waals surface area contributed by atoms with Crippen molar-refractivity contribution in [3.63, 3.8) is 0 Å². The zero-order valence-electron chi connectivity index (χ0n) is 7.92. The molecule has 0 aliphatic carbocycles. The average molecular weight is 319 g/mol. The number of sulfonamides is 1. The predicted octanol–water partition coefficient (Wildman–Crippen LogP) is 2.71. The van der Waals surface area contributed by atoms with Crippen LogP contribution in [0.1, 0.15) is 0 Å². The molecule has 0 atom stereocenters. The van der Waals surface area contributed by atoms with Crippen molar-refractivity contribution < 1.29 is 8.42 Å². The number of hydrogen-bond donors (Lipinski definition) is 1. The van der Waals surface area contributed by atoms with Crippen LogP contribution in [0.2, 0.25) is 0 Å². The highest BCUT2D eigenvalue weighted by atomic mass is 79.9. The summed E-state index contributed by atoms with van der Waals surface area (Å²) in [5.41, 5.74) is 0.560. The van der Waals surface area contributed by atoms with Crippen LogP contribution in [-0.2, 0) is 10.0 Å². The molecule has 4 nitrogen and oxygen atoms in total. The second-order valence-corrected chi connectivity index (χ2v) is 6.33. The molecular formula is C9H7BrN2O2S2. The van der Waals surface area contributed by atoms with Gasteiger partial charge in [0.15, 0.2) is 0 Å². The van der Waals surface area contributed by atoms with E-state index in [1.165, 1.54) is 29.8 Å². The number of hydrogen-bond acceptors (Lipinski definition) is 4. The Balaban J connectivity index is 2.33. The van der Waals surface area contributed by atoms with E-state index in [0.29, 0.717) is 10.2 Å². The number of aromatic nitrogens is 1. The van der Waals surface area contributed by atoms with E-state index < -0.39 is 10.0 Å². The van der Waals surface area contributed by atoms with E-state index in [0.717, 1.165) is 0 Å². The number of thiophene rings is 1. The molecule has 0 radical (unpaired) electrons. The van der Waals surface area contributed by atoms with Crippen molar-refractivity contribution in [3.05, 3.63) is 39.8 Å². The summed E-state index contributed by atoms with van der Waals surface area (Å²) in [6.45, 7) is 0. The fourth-order valence-corrected chi connectivity index (χ4v) is 3.29. The Morgan fingerprint density at radius 3 is 2.81 bits per heavy atom. The molecular weight excluding hydrogens is 312 g/mol. The van der Waals surface area contributed by atoms with E-state index in [2.05, 4.69) is 25.6 Å². The Kier molecular flexibility index (Phi) is 3.27. The number of anilines is 1. The molecule has 0 amide bonds. The lowest BCUT2D eigenvalue weighted by Crippen LogP contribution is -2.12. The Hall–Kier alpha value is -0.920. The van der Waals surface area contributed by atoms with Crippen molar-refractivity contribution in [2.24, 2.45) is 0 Å². The van der Waals surface area contributed by atoms with Gasteiger partial charge in [0.25, 0.3) is 10.0 Å². The maximum absolute atomic E-state index is 11.9. The molecule has 0 saturated carbocycles. The summed E-state index contributed by atoms with van der Waals surface area (Å²) < 4.78 is 26.9. The zero-order valence-corrected chi connectivity index (χ0v) is 11.1. The van der Waals surface area contributed by atoms with Gasteiger partial charge in [-0.2, -0.15) is 11.3 Å². The second kappa shape index (κ2) is 4.52. The van der Waals surface area contributed by atoms with Gasteiger partial charge in [-0.15, -0.1) is 0 Å². The van der Waals surface area contributed by atoms with Gasteiger partial charge in [0.2, 0.25) is 0 Å². The predicted molar refractivity (Wildman–Crippen MR) is 67.1 cm³/mol. The van der Waals surface area contributed by atoms with E-state index in [1.54, 1.807) is 16.8 Å². The number of nitrogens with zero attached hydrogens (tertiary/aromatic N) is 1. The smallest absolute Gasteiger partial charge is 0.263 e. The third-order valence-electron chi connectivity index (χ3n) is 1.76. The van der Waals surface area contributed by atoms with Crippen LogP contribution >= 0.6 is 27.3 Å². The standard InChI is InChI=1S/C9H7BrN2O2S2/c10-7-3-9(5-11-4-7)16(13,14)12-8-1-2-15-6-8/h1-6,12H. The molecule has 0 aromatic carbocycles. The van der Waals surface area contributed by atoms with Crippen LogP contribution in [0.4, 0.5) is 5.69 Å². The lowest BCUT2D eigenvalue weighted by Gasteiger charge is -2.05. The minimum atomic E-state index is -3.54. The van der Waals surface area contributed by atoms with Crippen LogP contribution in [0.25, 0.3) is 0 Å². The van der Waals surface area contributed by atoms with Crippen molar-refractivity contribution in [2.75, 3.05) is 4.72 Å². The van der Waals surface area contributed by atoms with Crippen molar-refractivity contribution in [2.45, 2.75) is 4.90 Å². The molecule has 0 unspecified atom stereocenters. The quantitative estimate of drug-likeness (QED) is 0.946. The van der Waals surface area contributed by atoms with E-state index >= 15 is 0 Å². The van der Waals surface area contributed by atoms with E-state index in [4.69, 9.17) is 0 Å². The maximum atomic E-state index is 11.9. The number of pyridine rings is 1. The van der Waals surface area contributed by atoms with Crippen molar-refractivity contribution in [1.29, 1.82) is 0 Å². The Bertz CT molecular complexity index is 581.